The normalized spacial score (nSPS) is 10.4. The molecule has 0 spiro atoms. The highest BCUT2D eigenvalue weighted by atomic mass is 35.5. The highest BCUT2D eigenvalue weighted by Crippen LogP contribution is 2.37. The quantitative estimate of drug-likeness (QED) is 0.798. The van der Waals surface area contributed by atoms with Crippen molar-refractivity contribution in [1.29, 1.82) is 0 Å². The van der Waals surface area contributed by atoms with E-state index in [1.54, 1.807) is 31.5 Å². The van der Waals surface area contributed by atoms with Crippen LogP contribution in [0.1, 0.15) is 0 Å². The summed E-state index contributed by atoms with van der Waals surface area (Å²) in [7, 11) is 1.56. The van der Waals surface area contributed by atoms with Crippen LogP contribution in [0.25, 0.3) is 11.1 Å². The number of methoxy groups -OCH3 is 1. The first kappa shape index (κ1) is 12.5. The van der Waals surface area contributed by atoms with E-state index in [0.29, 0.717) is 26.5 Å². The lowest BCUT2D eigenvalue weighted by molar-refractivity contribution is 0.398. The fraction of sp³-hybridized carbons (Fsp3) is 0.0833. The predicted octanol–water partition coefficient (Wildman–Crippen LogP) is 4.72. The Morgan fingerprint density at radius 1 is 1.06 bits per heavy atom. The van der Waals surface area contributed by atoms with Crippen LogP contribution in [-0.4, -0.2) is 12.1 Å². The van der Waals surface area contributed by atoms with Gasteiger partial charge in [0.15, 0.2) is 0 Å². The summed E-state index contributed by atoms with van der Waals surface area (Å²) < 4.78 is 4.99. The lowest BCUT2D eigenvalue weighted by Crippen LogP contribution is -1.88. The number of hydrogen-bond donors (Lipinski definition) is 0. The molecule has 0 fully saturated rings. The lowest BCUT2D eigenvalue weighted by Gasteiger charge is -2.08. The van der Waals surface area contributed by atoms with E-state index in [-0.39, 0.29) is 0 Å². The lowest BCUT2D eigenvalue weighted by atomic mass is 10.1. The van der Waals surface area contributed by atoms with E-state index in [9.17, 15) is 0 Å². The monoisotopic (exact) mass is 287 g/mol. The zero-order valence-electron chi connectivity index (χ0n) is 8.88. The van der Waals surface area contributed by atoms with Crippen LogP contribution in [0.3, 0.4) is 0 Å². The van der Waals surface area contributed by atoms with Crippen LogP contribution in [0.15, 0.2) is 30.5 Å². The largest absolute Gasteiger partial charge is 0.481 e. The second-order valence-electron chi connectivity index (χ2n) is 3.33. The Morgan fingerprint density at radius 3 is 2.18 bits per heavy atom. The van der Waals surface area contributed by atoms with Crippen LogP contribution in [0, 0.1) is 0 Å². The van der Waals surface area contributed by atoms with Gasteiger partial charge in [-0.15, -0.1) is 0 Å². The molecule has 17 heavy (non-hydrogen) atoms. The summed E-state index contributed by atoms with van der Waals surface area (Å²) in [6.07, 6.45) is 1.65. The number of hydrogen-bond acceptors (Lipinski definition) is 2. The smallest absolute Gasteiger partial charge is 0.212 e. The second kappa shape index (κ2) is 5.13. The predicted molar refractivity (Wildman–Crippen MR) is 71.3 cm³/mol. The van der Waals surface area contributed by atoms with Crippen LogP contribution < -0.4 is 4.74 Å². The van der Waals surface area contributed by atoms with Gasteiger partial charge in [-0.05, 0) is 18.2 Å². The van der Waals surface area contributed by atoms with Gasteiger partial charge in [0.25, 0.3) is 0 Å². The minimum absolute atomic E-state index is 0.495. The van der Waals surface area contributed by atoms with Gasteiger partial charge in [-0.2, -0.15) is 0 Å². The van der Waals surface area contributed by atoms with E-state index in [1.165, 1.54) is 0 Å². The third-order valence-electron chi connectivity index (χ3n) is 2.24. The Bertz CT molecular complexity index is 517. The summed E-state index contributed by atoms with van der Waals surface area (Å²) in [4.78, 5) is 4.11. The number of halogens is 3. The molecular weight excluding hydrogens is 280 g/mol. The second-order valence-corrected chi connectivity index (χ2v) is 4.58. The van der Waals surface area contributed by atoms with Gasteiger partial charge in [0.2, 0.25) is 5.88 Å². The standard InChI is InChI=1S/C12H8Cl3NO/c1-17-11-3-2-7(6-16-11)12-9(14)4-8(13)5-10(12)15/h2-6H,1H3. The van der Waals surface area contributed by atoms with Crippen LogP contribution >= 0.6 is 34.8 Å². The number of pyridine rings is 1. The number of nitrogens with zero attached hydrogens (tertiary/aromatic N) is 1. The van der Waals surface area contributed by atoms with Crippen molar-refractivity contribution in [1.82, 2.24) is 4.98 Å². The van der Waals surface area contributed by atoms with E-state index in [4.69, 9.17) is 39.5 Å². The first-order valence-electron chi connectivity index (χ1n) is 4.77. The molecular formula is C12H8Cl3NO. The van der Waals surface area contributed by atoms with Gasteiger partial charge in [0, 0.05) is 28.4 Å². The highest BCUT2D eigenvalue weighted by molar-refractivity contribution is 6.41. The molecule has 0 bridgehead atoms. The van der Waals surface area contributed by atoms with Crippen LogP contribution in [-0.2, 0) is 0 Å². The van der Waals surface area contributed by atoms with Crippen molar-refractivity contribution in [2.45, 2.75) is 0 Å². The molecule has 0 saturated carbocycles. The van der Waals surface area contributed by atoms with Crippen LogP contribution in [0.5, 0.6) is 5.88 Å². The summed E-state index contributed by atoms with van der Waals surface area (Å²) in [5.41, 5.74) is 1.53. The van der Waals surface area contributed by atoms with Crippen molar-refractivity contribution < 1.29 is 4.74 Å². The molecule has 0 aliphatic carbocycles. The molecule has 88 valence electrons. The van der Waals surface area contributed by atoms with Gasteiger partial charge in [-0.3, -0.25) is 0 Å². The summed E-state index contributed by atoms with van der Waals surface area (Å²) in [6.45, 7) is 0. The van der Waals surface area contributed by atoms with Gasteiger partial charge in [0.05, 0.1) is 17.2 Å². The molecule has 2 nitrogen and oxygen atoms in total. The number of benzene rings is 1. The molecule has 0 saturated heterocycles. The van der Waals surface area contributed by atoms with Crippen LogP contribution in [0.2, 0.25) is 15.1 Å². The molecule has 1 aromatic carbocycles. The Kier molecular flexibility index (Phi) is 3.77. The number of rotatable bonds is 2. The average molecular weight is 289 g/mol. The van der Waals surface area contributed by atoms with Gasteiger partial charge < -0.3 is 4.74 Å². The first-order valence-corrected chi connectivity index (χ1v) is 5.90. The molecule has 0 aliphatic rings. The minimum Gasteiger partial charge on any atom is -0.481 e. The van der Waals surface area contributed by atoms with Crippen molar-refractivity contribution >= 4 is 34.8 Å². The zero-order chi connectivity index (χ0) is 12.4. The van der Waals surface area contributed by atoms with E-state index < -0.39 is 0 Å². The van der Waals surface area contributed by atoms with Crippen molar-refractivity contribution in [2.75, 3.05) is 7.11 Å². The molecule has 2 rings (SSSR count). The molecule has 0 amide bonds. The third kappa shape index (κ3) is 2.65. The molecule has 0 unspecified atom stereocenters. The van der Waals surface area contributed by atoms with Crippen molar-refractivity contribution in [3.8, 4) is 17.0 Å². The van der Waals surface area contributed by atoms with Gasteiger partial charge in [-0.25, -0.2) is 4.98 Å². The molecule has 1 aromatic heterocycles. The van der Waals surface area contributed by atoms with Gasteiger partial charge in [-0.1, -0.05) is 34.8 Å². The molecule has 5 heteroatoms. The Balaban J connectivity index is 2.52. The Morgan fingerprint density at radius 2 is 1.71 bits per heavy atom. The number of aromatic nitrogens is 1. The maximum absolute atomic E-state index is 6.12. The average Bonchev–Trinajstić information content (AvgIpc) is 2.28. The summed E-state index contributed by atoms with van der Waals surface area (Å²) >= 11 is 18.1. The fourth-order valence-electron chi connectivity index (χ4n) is 1.47. The maximum atomic E-state index is 6.12. The van der Waals surface area contributed by atoms with Crippen LogP contribution in [0.4, 0.5) is 0 Å². The molecule has 0 N–H and O–H groups in total. The SMILES string of the molecule is COc1ccc(-c2c(Cl)cc(Cl)cc2Cl)cn1. The molecule has 0 aliphatic heterocycles. The molecule has 0 radical (unpaired) electrons. The van der Waals surface area contributed by atoms with E-state index in [0.717, 1.165) is 5.56 Å². The number of ether oxygens (including phenoxy) is 1. The van der Waals surface area contributed by atoms with E-state index >= 15 is 0 Å². The van der Waals surface area contributed by atoms with E-state index in [2.05, 4.69) is 4.98 Å². The summed E-state index contributed by atoms with van der Waals surface area (Å²) in [5, 5.41) is 1.49. The maximum Gasteiger partial charge on any atom is 0.212 e. The Labute approximate surface area is 114 Å². The zero-order valence-corrected chi connectivity index (χ0v) is 11.1. The molecule has 2 aromatic rings. The van der Waals surface area contributed by atoms with Gasteiger partial charge >= 0.3 is 0 Å². The van der Waals surface area contributed by atoms with Gasteiger partial charge in [0.1, 0.15) is 0 Å². The molecule has 0 atom stereocenters. The highest BCUT2D eigenvalue weighted by Gasteiger charge is 2.10. The Hall–Kier alpha value is -0.960. The van der Waals surface area contributed by atoms with Crippen molar-refractivity contribution in [2.24, 2.45) is 0 Å². The van der Waals surface area contributed by atoms with E-state index in [1.807, 2.05) is 6.07 Å². The first-order chi connectivity index (χ1) is 8.11. The topological polar surface area (TPSA) is 22.1 Å². The third-order valence-corrected chi connectivity index (χ3v) is 3.06. The molecule has 1 heterocycles. The summed E-state index contributed by atoms with van der Waals surface area (Å²) in [5.74, 6) is 0.537. The minimum atomic E-state index is 0.495. The summed E-state index contributed by atoms with van der Waals surface area (Å²) in [6, 6.07) is 6.88. The van der Waals surface area contributed by atoms with Crippen molar-refractivity contribution in [3.63, 3.8) is 0 Å². The van der Waals surface area contributed by atoms with Crippen molar-refractivity contribution in [3.05, 3.63) is 45.5 Å². The fourth-order valence-corrected chi connectivity index (χ4v) is 2.50.